The second-order valence-electron chi connectivity index (χ2n) is 5.57. The molecule has 0 spiro atoms. The Kier molecular flexibility index (Phi) is 4.46. The molecule has 1 N–H and O–H groups in total. The summed E-state index contributed by atoms with van der Waals surface area (Å²) in [6, 6.07) is 13.0. The molecule has 1 atom stereocenters. The second-order valence-corrected chi connectivity index (χ2v) is 5.57. The number of rotatable bonds is 4. The molecule has 0 bridgehead atoms. The Hall–Kier alpha value is -2.89. The van der Waals surface area contributed by atoms with Crippen LogP contribution in [-0.4, -0.2) is 25.5 Å². The summed E-state index contributed by atoms with van der Waals surface area (Å²) >= 11 is 0. The third-order valence-corrected chi connectivity index (χ3v) is 4.01. The Balaban J connectivity index is 1.69. The molecule has 2 aromatic rings. The molecule has 1 aliphatic heterocycles. The highest BCUT2D eigenvalue weighted by Gasteiger charge is 2.35. The molecule has 2 amide bonds. The number of anilines is 2. The third kappa shape index (κ3) is 3.22. The largest absolute Gasteiger partial charge is 0.497 e. The quantitative estimate of drug-likeness (QED) is 0.939. The summed E-state index contributed by atoms with van der Waals surface area (Å²) in [5.74, 6) is -0.807. The van der Waals surface area contributed by atoms with Crippen LogP contribution in [0.15, 0.2) is 48.5 Å². The summed E-state index contributed by atoms with van der Waals surface area (Å²) < 4.78 is 18.7. The number of carbonyl (C=O) groups is 2. The van der Waals surface area contributed by atoms with Crippen LogP contribution in [0.25, 0.3) is 0 Å². The van der Waals surface area contributed by atoms with Gasteiger partial charge in [0.1, 0.15) is 11.6 Å². The van der Waals surface area contributed by atoms with Gasteiger partial charge in [-0.2, -0.15) is 0 Å². The minimum Gasteiger partial charge on any atom is -0.497 e. The highest BCUT2D eigenvalue weighted by atomic mass is 19.1. The molecule has 1 saturated heterocycles. The van der Waals surface area contributed by atoms with E-state index in [2.05, 4.69) is 5.32 Å². The maximum absolute atomic E-state index is 13.6. The molecule has 1 aliphatic rings. The van der Waals surface area contributed by atoms with E-state index < -0.39 is 11.7 Å². The van der Waals surface area contributed by atoms with Crippen LogP contribution < -0.4 is 15.0 Å². The van der Waals surface area contributed by atoms with Crippen LogP contribution in [0.4, 0.5) is 15.8 Å². The number of carbonyl (C=O) groups excluding carboxylic acids is 2. The van der Waals surface area contributed by atoms with Gasteiger partial charge in [-0.3, -0.25) is 9.59 Å². The van der Waals surface area contributed by atoms with Gasteiger partial charge in [-0.15, -0.1) is 0 Å². The summed E-state index contributed by atoms with van der Waals surface area (Å²) in [5.41, 5.74) is 0.833. The van der Waals surface area contributed by atoms with Crippen molar-refractivity contribution in [3.05, 3.63) is 54.3 Å². The maximum atomic E-state index is 13.6. The van der Waals surface area contributed by atoms with Gasteiger partial charge in [0, 0.05) is 18.7 Å². The van der Waals surface area contributed by atoms with Crippen molar-refractivity contribution in [2.24, 2.45) is 5.92 Å². The number of ether oxygens (including phenoxy) is 1. The van der Waals surface area contributed by atoms with Crippen LogP contribution in [0.3, 0.4) is 0 Å². The molecule has 0 radical (unpaired) electrons. The Bertz CT molecular complexity index is 761. The van der Waals surface area contributed by atoms with E-state index in [9.17, 15) is 14.0 Å². The number of hydrogen-bond donors (Lipinski definition) is 1. The number of methoxy groups -OCH3 is 1. The monoisotopic (exact) mass is 328 g/mol. The highest BCUT2D eigenvalue weighted by molar-refractivity contribution is 6.03. The van der Waals surface area contributed by atoms with Crippen LogP contribution in [0.2, 0.25) is 0 Å². The fourth-order valence-electron chi connectivity index (χ4n) is 2.69. The smallest absolute Gasteiger partial charge is 0.229 e. The summed E-state index contributed by atoms with van der Waals surface area (Å²) in [7, 11) is 1.57. The normalized spacial score (nSPS) is 17.0. The highest BCUT2D eigenvalue weighted by Crippen LogP contribution is 2.27. The van der Waals surface area contributed by atoms with Crippen molar-refractivity contribution < 1.29 is 18.7 Å². The summed E-state index contributed by atoms with van der Waals surface area (Å²) in [4.78, 5) is 26.1. The number of amides is 2. The third-order valence-electron chi connectivity index (χ3n) is 4.01. The topological polar surface area (TPSA) is 58.6 Å². The molecular weight excluding hydrogens is 311 g/mol. The average Bonchev–Trinajstić information content (AvgIpc) is 2.99. The standard InChI is InChI=1S/C18H17FN2O3/c1-24-14-8-6-13(7-9-14)21-11-12(10-17(21)22)18(23)20-16-5-3-2-4-15(16)19/h2-9,12H,10-11H2,1H3,(H,20,23)/t12-/m0/s1. The van der Waals surface area contributed by atoms with Gasteiger partial charge in [0.2, 0.25) is 11.8 Å². The van der Waals surface area contributed by atoms with Gasteiger partial charge in [0.25, 0.3) is 0 Å². The SMILES string of the molecule is COc1ccc(N2C[C@@H](C(=O)Nc3ccccc3F)CC2=O)cc1. The number of para-hydroxylation sites is 1. The fraction of sp³-hybridized carbons (Fsp3) is 0.222. The van der Waals surface area contributed by atoms with Crippen LogP contribution >= 0.6 is 0 Å². The first-order valence-corrected chi connectivity index (χ1v) is 7.58. The zero-order valence-corrected chi connectivity index (χ0v) is 13.2. The Morgan fingerprint density at radius 1 is 1.21 bits per heavy atom. The fourth-order valence-corrected chi connectivity index (χ4v) is 2.69. The zero-order valence-electron chi connectivity index (χ0n) is 13.2. The predicted octanol–water partition coefficient (Wildman–Crippen LogP) is 2.83. The summed E-state index contributed by atoms with van der Waals surface area (Å²) in [6.45, 7) is 0.269. The number of benzene rings is 2. The zero-order chi connectivity index (χ0) is 17.1. The molecule has 3 rings (SSSR count). The molecule has 0 aromatic heterocycles. The lowest BCUT2D eigenvalue weighted by molar-refractivity contribution is -0.122. The van der Waals surface area contributed by atoms with Gasteiger partial charge in [0.05, 0.1) is 18.7 Å². The minimum absolute atomic E-state index is 0.103. The first kappa shape index (κ1) is 16.0. The Labute approximate surface area is 139 Å². The van der Waals surface area contributed by atoms with Crippen molar-refractivity contribution >= 4 is 23.2 Å². The van der Waals surface area contributed by atoms with E-state index >= 15 is 0 Å². The van der Waals surface area contributed by atoms with Crippen LogP contribution in [0.1, 0.15) is 6.42 Å². The molecule has 1 heterocycles. The molecule has 0 aliphatic carbocycles. The van der Waals surface area contributed by atoms with Crippen LogP contribution in [0, 0.1) is 11.7 Å². The van der Waals surface area contributed by atoms with E-state index in [1.807, 2.05) is 0 Å². The van der Waals surface area contributed by atoms with E-state index in [1.54, 1.807) is 48.4 Å². The second kappa shape index (κ2) is 6.70. The molecule has 24 heavy (non-hydrogen) atoms. The lowest BCUT2D eigenvalue weighted by atomic mass is 10.1. The van der Waals surface area contributed by atoms with E-state index in [1.165, 1.54) is 12.1 Å². The van der Waals surface area contributed by atoms with Crippen molar-refractivity contribution in [3.8, 4) is 5.75 Å². The Morgan fingerprint density at radius 3 is 2.58 bits per heavy atom. The van der Waals surface area contributed by atoms with E-state index in [-0.39, 0.29) is 30.5 Å². The predicted molar refractivity (Wildman–Crippen MR) is 88.5 cm³/mol. The van der Waals surface area contributed by atoms with Crippen molar-refractivity contribution in [1.29, 1.82) is 0 Å². The molecule has 1 fully saturated rings. The van der Waals surface area contributed by atoms with Crippen LogP contribution in [0.5, 0.6) is 5.75 Å². The van der Waals surface area contributed by atoms with E-state index in [0.717, 1.165) is 0 Å². The molecule has 5 nitrogen and oxygen atoms in total. The number of nitrogens with zero attached hydrogens (tertiary/aromatic N) is 1. The molecule has 6 heteroatoms. The molecule has 0 saturated carbocycles. The molecular formula is C18H17FN2O3. The van der Waals surface area contributed by atoms with Crippen molar-refractivity contribution in [1.82, 2.24) is 0 Å². The van der Waals surface area contributed by atoms with Gasteiger partial charge < -0.3 is 15.0 Å². The van der Waals surface area contributed by atoms with Crippen molar-refractivity contribution in [3.63, 3.8) is 0 Å². The van der Waals surface area contributed by atoms with Gasteiger partial charge in [-0.05, 0) is 36.4 Å². The first-order chi connectivity index (χ1) is 11.6. The van der Waals surface area contributed by atoms with E-state index in [0.29, 0.717) is 11.4 Å². The average molecular weight is 328 g/mol. The first-order valence-electron chi connectivity index (χ1n) is 7.58. The van der Waals surface area contributed by atoms with E-state index in [4.69, 9.17) is 4.74 Å². The minimum atomic E-state index is -0.515. The summed E-state index contributed by atoms with van der Waals surface area (Å²) in [5, 5.41) is 2.55. The van der Waals surface area contributed by atoms with Gasteiger partial charge in [-0.25, -0.2) is 4.39 Å². The van der Waals surface area contributed by atoms with Gasteiger partial charge in [-0.1, -0.05) is 12.1 Å². The maximum Gasteiger partial charge on any atom is 0.229 e. The summed E-state index contributed by atoms with van der Waals surface area (Å²) in [6.07, 6.45) is 0.103. The molecule has 2 aromatic carbocycles. The Morgan fingerprint density at radius 2 is 1.92 bits per heavy atom. The lowest BCUT2D eigenvalue weighted by Gasteiger charge is -2.17. The van der Waals surface area contributed by atoms with Crippen molar-refractivity contribution in [2.45, 2.75) is 6.42 Å². The number of hydrogen-bond acceptors (Lipinski definition) is 3. The lowest BCUT2D eigenvalue weighted by Crippen LogP contribution is -2.28. The van der Waals surface area contributed by atoms with Crippen molar-refractivity contribution in [2.75, 3.05) is 23.9 Å². The molecule has 124 valence electrons. The van der Waals surface area contributed by atoms with Gasteiger partial charge >= 0.3 is 0 Å². The number of halogens is 1. The number of nitrogens with one attached hydrogen (secondary N) is 1. The van der Waals surface area contributed by atoms with Crippen LogP contribution in [-0.2, 0) is 9.59 Å². The molecule has 0 unspecified atom stereocenters. The van der Waals surface area contributed by atoms with Gasteiger partial charge in [0.15, 0.2) is 0 Å².